The van der Waals surface area contributed by atoms with Crippen molar-refractivity contribution in [2.24, 2.45) is 5.73 Å². The lowest BCUT2D eigenvalue weighted by molar-refractivity contribution is 0.591. The highest BCUT2D eigenvalue weighted by molar-refractivity contribution is 5.16. The van der Waals surface area contributed by atoms with Crippen LogP contribution in [0.2, 0.25) is 0 Å². The second kappa shape index (κ2) is 2.30. The van der Waals surface area contributed by atoms with Gasteiger partial charge in [-0.2, -0.15) is 5.10 Å². The molecular weight excluding hydrogens is 140 g/mol. The molecule has 11 heavy (non-hydrogen) atoms. The lowest BCUT2D eigenvalue weighted by Gasteiger charge is -2.08. The van der Waals surface area contributed by atoms with Gasteiger partial charge >= 0.3 is 0 Å². The van der Waals surface area contributed by atoms with Crippen LogP contribution in [0.1, 0.15) is 25.1 Å². The normalized spacial score (nSPS) is 20.1. The minimum absolute atomic E-state index is 0.269. The SMILES string of the molecule is NCCC1(c2ncn[nH]2)CC1. The van der Waals surface area contributed by atoms with E-state index in [9.17, 15) is 0 Å². The molecule has 0 spiro atoms. The summed E-state index contributed by atoms with van der Waals surface area (Å²) >= 11 is 0. The van der Waals surface area contributed by atoms with Crippen LogP contribution in [0.15, 0.2) is 6.33 Å². The van der Waals surface area contributed by atoms with Crippen LogP contribution in [0, 0.1) is 0 Å². The van der Waals surface area contributed by atoms with Crippen molar-refractivity contribution in [3.05, 3.63) is 12.2 Å². The molecule has 4 nitrogen and oxygen atoms in total. The smallest absolute Gasteiger partial charge is 0.137 e. The lowest BCUT2D eigenvalue weighted by Crippen LogP contribution is -2.14. The van der Waals surface area contributed by atoms with Crippen molar-refractivity contribution in [2.45, 2.75) is 24.7 Å². The van der Waals surface area contributed by atoms with E-state index in [4.69, 9.17) is 5.73 Å². The van der Waals surface area contributed by atoms with Crippen molar-refractivity contribution in [1.29, 1.82) is 0 Å². The minimum atomic E-state index is 0.269. The zero-order valence-corrected chi connectivity index (χ0v) is 6.38. The maximum atomic E-state index is 5.50. The van der Waals surface area contributed by atoms with Gasteiger partial charge in [0.05, 0.1) is 0 Å². The fourth-order valence-corrected chi connectivity index (χ4v) is 1.49. The van der Waals surface area contributed by atoms with Gasteiger partial charge in [-0.3, -0.25) is 5.10 Å². The molecule has 0 aromatic carbocycles. The molecule has 2 rings (SSSR count). The lowest BCUT2D eigenvalue weighted by atomic mass is 10.0. The molecule has 1 aliphatic rings. The van der Waals surface area contributed by atoms with Crippen LogP contribution in [-0.2, 0) is 5.41 Å². The van der Waals surface area contributed by atoms with Gasteiger partial charge in [0, 0.05) is 5.41 Å². The zero-order valence-electron chi connectivity index (χ0n) is 6.38. The summed E-state index contributed by atoms with van der Waals surface area (Å²) in [6, 6.07) is 0. The summed E-state index contributed by atoms with van der Waals surface area (Å²) in [5, 5.41) is 6.74. The number of nitrogens with two attached hydrogens (primary N) is 1. The van der Waals surface area contributed by atoms with E-state index in [0.717, 1.165) is 18.8 Å². The summed E-state index contributed by atoms with van der Waals surface area (Å²) in [4.78, 5) is 4.15. The molecule has 0 amide bonds. The van der Waals surface area contributed by atoms with E-state index < -0.39 is 0 Å². The van der Waals surface area contributed by atoms with Gasteiger partial charge < -0.3 is 5.73 Å². The highest BCUT2D eigenvalue weighted by atomic mass is 15.2. The number of rotatable bonds is 3. The van der Waals surface area contributed by atoms with Gasteiger partial charge in [-0.1, -0.05) is 0 Å². The molecule has 1 fully saturated rings. The average molecular weight is 152 g/mol. The number of hydrogen-bond donors (Lipinski definition) is 2. The summed E-state index contributed by atoms with van der Waals surface area (Å²) in [7, 11) is 0. The van der Waals surface area contributed by atoms with Gasteiger partial charge in [-0.05, 0) is 25.8 Å². The van der Waals surface area contributed by atoms with Crippen LogP contribution in [-0.4, -0.2) is 21.7 Å². The first-order chi connectivity index (χ1) is 5.37. The second-order valence-corrected chi connectivity index (χ2v) is 3.15. The molecule has 0 radical (unpaired) electrons. The monoisotopic (exact) mass is 152 g/mol. The average Bonchev–Trinajstić information content (AvgIpc) is 2.63. The number of aromatic amines is 1. The number of nitrogens with one attached hydrogen (secondary N) is 1. The molecule has 60 valence electrons. The van der Waals surface area contributed by atoms with Crippen molar-refractivity contribution in [2.75, 3.05) is 6.54 Å². The molecule has 0 saturated heterocycles. The summed E-state index contributed by atoms with van der Waals surface area (Å²) in [5.74, 6) is 1.02. The third-order valence-electron chi connectivity index (χ3n) is 2.39. The number of hydrogen-bond acceptors (Lipinski definition) is 3. The van der Waals surface area contributed by atoms with E-state index >= 15 is 0 Å². The Balaban J connectivity index is 2.15. The molecule has 0 unspecified atom stereocenters. The zero-order chi connectivity index (χ0) is 7.73. The fourth-order valence-electron chi connectivity index (χ4n) is 1.49. The Kier molecular flexibility index (Phi) is 1.42. The molecule has 1 aliphatic carbocycles. The first kappa shape index (κ1) is 6.79. The van der Waals surface area contributed by atoms with Gasteiger partial charge in [0.25, 0.3) is 0 Å². The number of aromatic nitrogens is 3. The van der Waals surface area contributed by atoms with Gasteiger partial charge in [0.2, 0.25) is 0 Å². The standard InChI is InChI=1S/C7H12N4/c8-4-3-7(1-2-7)6-9-5-10-11-6/h5H,1-4,8H2,(H,9,10,11). The van der Waals surface area contributed by atoms with E-state index in [1.54, 1.807) is 6.33 Å². The predicted molar refractivity (Wildman–Crippen MR) is 41.0 cm³/mol. The largest absolute Gasteiger partial charge is 0.330 e. The summed E-state index contributed by atoms with van der Waals surface area (Å²) in [6.45, 7) is 0.737. The van der Waals surface area contributed by atoms with Crippen LogP contribution >= 0.6 is 0 Å². The summed E-state index contributed by atoms with van der Waals surface area (Å²) < 4.78 is 0. The predicted octanol–water partition coefficient (Wildman–Crippen LogP) is 0.185. The Hall–Kier alpha value is -0.900. The van der Waals surface area contributed by atoms with E-state index in [-0.39, 0.29) is 5.41 Å². The highest BCUT2D eigenvalue weighted by Gasteiger charge is 2.45. The first-order valence-electron chi connectivity index (χ1n) is 3.93. The van der Waals surface area contributed by atoms with Crippen molar-refractivity contribution in [3.63, 3.8) is 0 Å². The highest BCUT2D eigenvalue weighted by Crippen LogP contribution is 2.48. The van der Waals surface area contributed by atoms with Crippen LogP contribution in [0.4, 0.5) is 0 Å². The molecule has 4 heteroatoms. The Labute approximate surface area is 65.2 Å². The van der Waals surface area contributed by atoms with E-state index in [1.807, 2.05) is 0 Å². The molecule has 1 aromatic rings. The molecule has 1 saturated carbocycles. The second-order valence-electron chi connectivity index (χ2n) is 3.15. The van der Waals surface area contributed by atoms with Crippen molar-refractivity contribution >= 4 is 0 Å². The van der Waals surface area contributed by atoms with Crippen molar-refractivity contribution < 1.29 is 0 Å². The minimum Gasteiger partial charge on any atom is -0.330 e. The van der Waals surface area contributed by atoms with Crippen LogP contribution in [0.5, 0.6) is 0 Å². The molecule has 1 aromatic heterocycles. The fraction of sp³-hybridized carbons (Fsp3) is 0.714. The number of H-pyrrole nitrogens is 1. The Morgan fingerprint density at radius 2 is 2.45 bits per heavy atom. The maximum absolute atomic E-state index is 5.50. The molecular formula is C7H12N4. The molecule has 0 bridgehead atoms. The van der Waals surface area contributed by atoms with Crippen molar-refractivity contribution in [3.8, 4) is 0 Å². The molecule has 0 aliphatic heterocycles. The number of nitrogens with zero attached hydrogens (tertiary/aromatic N) is 2. The van der Waals surface area contributed by atoms with E-state index in [0.29, 0.717) is 0 Å². The first-order valence-corrected chi connectivity index (χ1v) is 3.93. The summed E-state index contributed by atoms with van der Waals surface area (Å²) in [5.41, 5.74) is 5.77. The molecule has 1 heterocycles. The Morgan fingerprint density at radius 3 is 2.91 bits per heavy atom. The quantitative estimate of drug-likeness (QED) is 0.649. The van der Waals surface area contributed by atoms with Gasteiger partial charge in [0.1, 0.15) is 12.2 Å². The van der Waals surface area contributed by atoms with Gasteiger partial charge in [-0.25, -0.2) is 4.98 Å². The van der Waals surface area contributed by atoms with E-state index in [1.165, 1.54) is 12.8 Å². The molecule has 3 N–H and O–H groups in total. The van der Waals surface area contributed by atoms with Crippen molar-refractivity contribution in [1.82, 2.24) is 15.2 Å². The third kappa shape index (κ3) is 1.03. The maximum Gasteiger partial charge on any atom is 0.137 e. The molecule has 0 atom stereocenters. The van der Waals surface area contributed by atoms with Crippen LogP contribution in [0.25, 0.3) is 0 Å². The van der Waals surface area contributed by atoms with Gasteiger partial charge in [0.15, 0.2) is 0 Å². The van der Waals surface area contributed by atoms with E-state index in [2.05, 4.69) is 15.2 Å². The van der Waals surface area contributed by atoms with Crippen LogP contribution < -0.4 is 5.73 Å². The topological polar surface area (TPSA) is 67.6 Å². The van der Waals surface area contributed by atoms with Gasteiger partial charge in [-0.15, -0.1) is 0 Å². The van der Waals surface area contributed by atoms with Crippen LogP contribution in [0.3, 0.4) is 0 Å². The Bertz CT molecular complexity index is 225. The summed E-state index contributed by atoms with van der Waals surface area (Å²) in [6.07, 6.45) is 5.01. The Morgan fingerprint density at radius 1 is 1.64 bits per heavy atom. The third-order valence-corrected chi connectivity index (χ3v) is 2.39.